The van der Waals surface area contributed by atoms with Crippen LogP contribution in [0.15, 0.2) is 54.7 Å². The number of ether oxygens (including phenoxy) is 1. The molecule has 29 heavy (non-hydrogen) atoms. The highest BCUT2D eigenvalue weighted by atomic mass is 16.5. The van der Waals surface area contributed by atoms with Gasteiger partial charge in [-0.3, -0.25) is 10.00 Å². The number of H-pyrrole nitrogens is 2. The van der Waals surface area contributed by atoms with E-state index in [-0.39, 0.29) is 6.10 Å². The normalized spacial score (nSPS) is 16.1. The van der Waals surface area contributed by atoms with Gasteiger partial charge < -0.3 is 4.74 Å². The molecular weight excluding hydrogens is 364 g/mol. The van der Waals surface area contributed by atoms with Gasteiger partial charge >= 0.3 is 0 Å². The molecule has 2 N–H and O–H groups in total. The monoisotopic (exact) mass is 388 g/mol. The Morgan fingerprint density at radius 3 is 2.66 bits per heavy atom. The quantitative estimate of drug-likeness (QED) is 0.522. The number of para-hydroxylation sites is 1. The topological polar surface area (TPSA) is 82.7 Å². The number of piperidine rings is 1. The number of benzene rings is 2. The summed E-state index contributed by atoms with van der Waals surface area (Å²) >= 11 is 0. The van der Waals surface area contributed by atoms with Gasteiger partial charge in [0.15, 0.2) is 6.10 Å². The van der Waals surface area contributed by atoms with Crippen LogP contribution < -0.4 is 4.74 Å². The van der Waals surface area contributed by atoms with Crippen molar-refractivity contribution in [1.82, 2.24) is 30.5 Å². The molecule has 4 aromatic rings. The third-order valence-corrected chi connectivity index (χ3v) is 5.51. The van der Waals surface area contributed by atoms with E-state index in [0.29, 0.717) is 0 Å². The minimum absolute atomic E-state index is 0.131. The van der Waals surface area contributed by atoms with Crippen LogP contribution in [0.4, 0.5) is 0 Å². The number of nitrogens with one attached hydrogen (secondary N) is 2. The summed E-state index contributed by atoms with van der Waals surface area (Å²) in [6.45, 7) is 3.07. The summed E-state index contributed by atoms with van der Waals surface area (Å²) < 4.78 is 6.45. The minimum Gasteiger partial charge on any atom is -0.483 e. The van der Waals surface area contributed by atoms with E-state index in [0.717, 1.165) is 53.2 Å². The third-order valence-electron chi connectivity index (χ3n) is 5.51. The van der Waals surface area contributed by atoms with Crippen molar-refractivity contribution >= 4 is 10.9 Å². The highest BCUT2D eigenvalue weighted by Gasteiger charge is 2.24. The van der Waals surface area contributed by atoms with Crippen molar-refractivity contribution < 1.29 is 4.74 Å². The average molecular weight is 388 g/mol. The fourth-order valence-corrected chi connectivity index (χ4v) is 4.00. The molecule has 2 aromatic heterocycles. The largest absolute Gasteiger partial charge is 0.483 e. The summed E-state index contributed by atoms with van der Waals surface area (Å²) in [5, 5.41) is 19.7. The number of nitrogens with zero attached hydrogens (tertiary/aromatic N) is 4. The standard InChI is InChI=1S/C22H24N6O/c1-3-7-17(8-4-1)29-21(15-28-11-5-2-6-12-28)22-18-13-16(20-14-23-27-25-20)9-10-19(18)24-26-22/h1,3-4,7-10,13-14,21H,2,5-6,11-12,15H2,(H,24,26)(H,23,25,27). The van der Waals surface area contributed by atoms with E-state index in [2.05, 4.69) is 36.6 Å². The molecule has 1 unspecified atom stereocenters. The Morgan fingerprint density at radius 1 is 1.00 bits per heavy atom. The fourth-order valence-electron chi connectivity index (χ4n) is 4.00. The van der Waals surface area contributed by atoms with Crippen molar-refractivity contribution in [2.45, 2.75) is 25.4 Å². The number of hydrogen-bond acceptors (Lipinski definition) is 5. The lowest BCUT2D eigenvalue weighted by Gasteiger charge is -2.30. The Morgan fingerprint density at radius 2 is 1.86 bits per heavy atom. The molecule has 1 fully saturated rings. The number of hydrogen-bond donors (Lipinski definition) is 2. The molecule has 5 rings (SSSR count). The minimum atomic E-state index is -0.131. The van der Waals surface area contributed by atoms with Crippen LogP contribution in [0, 0.1) is 0 Å². The Balaban J connectivity index is 1.51. The number of aromatic amines is 2. The molecule has 0 aliphatic carbocycles. The molecule has 7 nitrogen and oxygen atoms in total. The zero-order chi connectivity index (χ0) is 19.5. The molecule has 0 radical (unpaired) electrons. The lowest BCUT2D eigenvalue weighted by molar-refractivity contribution is 0.117. The van der Waals surface area contributed by atoms with E-state index < -0.39 is 0 Å². The third kappa shape index (κ3) is 3.86. The molecule has 0 saturated carbocycles. The van der Waals surface area contributed by atoms with E-state index in [9.17, 15) is 0 Å². The van der Waals surface area contributed by atoms with Gasteiger partial charge in [0, 0.05) is 17.5 Å². The van der Waals surface area contributed by atoms with Crippen molar-refractivity contribution in [1.29, 1.82) is 0 Å². The van der Waals surface area contributed by atoms with Gasteiger partial charge in [-0.05, 0) is 50.2 Å². The van der Waals surface area contributed by atoms with Crippen LogP contribution in [0.5, 0.6) is 5.75 Å². The molecule has 3 heterocycles. The van der Waals surface area contributed by atoms with Gasteiger partial charge in [0.2, 0.25) is 0 Å². The van der Waals surface area contributed by atoms with Crippen LogP contribution in [0.2, 0.25) is 0 Å². The molecule has 0 spiro atoms. The highest BCUT2D eigenvalue weighted by molar-refractivity contribution is 5.86. The van der Waals surface area contributed by atoms with Gasteiger partial charge in [-0.1, -0.05) is 30.7 Å². The molecule has 2 aromatic carbocycles. The second kappa shape index (κ2) is 8.05. The van der Waals surface area contributed by atoms with Crippen LogP contribution in [0.1, 0.15) is 31.1 Å². The van der Waals surface area contributed by atoms with Gasteiger partial charge in [0.1, 0.15) is 11.4 Å². The number of fused-ring (bicyclic) bond motifs is 1. The summed E-state index contributed by atoms with van der Waals surface area (Å²) in [5.41, 5.74) is 3.74. The second-order valence-electron chi connectivity index (χ2n) is 7.51. The van der Waals surface area contributed by atoms with Crippen LogP contribution in [0.3, 0.4) is 0 Å². The zero-order valence-corrected chi connectivity index (χ0v) is 16.2. The summed E-state index contributed by atoms with van der Waals surface area (Å²) in [6, 6.07) is 16.2. The van der Waals surface area contributed by atoms with E-state index >= 15 is 0 Å². The average Bonchev–Trinajstić information content (AvgIpc) is 3.44. The first kappa shape index (κ1) is 17.9. The van der Waals surface area contributed by atoms with Crippen molar-refractivity contribution in [3.8, 4) is 17.0 Å². The van der Waals surface area contributed by atoms with Crippen molar-refractivity contribution in [2.24, 2.45) is 0 Å². The lowest BCUT2D eigenvalue weighted by Crippen LogP contribution is -2.35. The maximum Gasteiger partial charge on any atom is 0.153 e. The van der Waals surface area contributed by atoms with Crippen molar-refractivity contribution in [3.63, 3.8) is 0 Å². The van der Waals surface area contributed by atoms with Gasteiger partial charge in [-0.25, -0.2) is 0 Å². The maximum absolute atomic E-state index is 6.45. The Labute approximate surface area is 169 Å². The highest BCUT2D eigenvalue weighted by Crippen LogP contribution is 2.30. The first-order chi connectivity index (χ1) is 14.4. The predicted octanol–water partition coefficient (Wildman–Crippen LogP) is 3.95. The molecule has 1 saturated heterocycles. The second-order valence-corrected chi connectivity index (χ2v) is 7.51. The summed E-state index contributed by atoms with van der Waals surface area (Å²) in [7, 11) is 0. The molecule has 7 heteroatoms. The van der Waals surface area contributed by atoms with Crippen molar-refractivity contribution in [3.05, 3.63) is 60.4 Å². The number of likely N-dealkylation sites (tertiary alicyclic amines) is 1. The van der Waals surface area contributed by atoms with E-state index in [1.54, 1.807) is 6.20 Å². The maximum atomic E-state index is 6.45. The molecule has 1 aliphatic heterocycles. The van der Waals surface area contributed by atoms with E-state index in [1.807, 2.05) is 42.5 Å². The Kier molecular flexibility index (Phi) is 4.96. The molecule has 148 valence electrons. The number of rotatable bonds is 6. The van der Waals surface area contributed by atoms with Crippen LogP contribution >= 0.6 is 0 Å². The van der Waals surface area contributed by atoms with E-state index in [4.69, 9.17) is 4.74 Å². The van der Waals surface area contributed by atoms with Gasteiger partial charge in [0.05, 0.1) is 17.4 Å². The van der Waals surface area contributed by atoms with Gasteiger partial charge in [-0.2, -0.15) is 20.5 Å². The van der Waals surface area contributed by atoms with Crippen LogP contribution in [-0.4, -0.2) is 50.1 Å². The Bertz CT molecular complexity index is 1050. The van der Waals surface area contributed by atoms with Crippen LogP contribution in [-0.2, 0) is 0 Å². The van der Waals surface area contributed by atoms with Crippen LogP contribution in [0.25, 0.3) is 22.2 Å². The summed E-state index contributed by atoms with van der Waals surface area (Å²) in [5.74, 6) is 0.866. The zero-order valence-electron chi connectivity index (χ0n) is 16.2. The molecular formula is C22H24N6O. The first-order valence-electron chi connectivity index (χ1n) is 10.1. The summed E-state index contributed by atoms with van der Waals surface area (Å²) in [6.07, 6.45) is 5.41. The van der Waals surface area contributed by atoms with Gasteiger partial charge in [-0.15, -0.1) is 0 Å². The Hall–Kier alpha value is -3.19. The fraction of sp³-hybridized carbons (Fsp3) is 0.318. The predicted molar refractivity (Wildman–Crippen MR) is 112 cm³/mol. The van der Waals surface area contributed by atoms with E-state index in [1.165, 1.54) is 19.3 Å². The molecule has 1 atom stereocenters. The molecule has 1 aliphatic rings. The summed E-state index contributed by atoms with van der Waals surface area (Å²) in [4.78, 5) is 2.49. The van der Waals surface area contributed by atoms with Gasteiger partial charge in [0.25, 0.3) is 0 Å². The smallest absolute Gasteiger partial charge is 0.153 e. The number of aromatic nitrogens is 5. The molecule has 0 amide bonds. The lowest BCUT2D eigenvalue weighted by atomic mass is 10.0. The first-order valence-corrected chi connectivity index (χ1v) is 10.1. The van der Waals surface area contributed by atoms with Crippen molar-refractivity contribution in [2.75, 3.05) is 19.6 Å². The molecule has 0 bridgehead atoms. The SMILES string of the molecule is c1ccc(OC(CN2CCCCC2)c2[nH]nc3ccc(-c4cn[nH]n4)cc23)cc1.